The van der Waals surface area contributed by atoms with Crippen LogP contribution in [0.4, 0.5) is 0 Å². The Bertz CT molecular complexity index is 476. The molecule has 146 valence electrons. The standard InChI is InChI=1S/C25H46/c1-9-10-20-15-17(2)11-14-24(20,7)22-16-21-12-13-23(5,6)19(4)25(21,8)18(22)3/h17-22H,9-16H2,1-8H3/t17-,18?,19?,20?,21?,22?,24-,25?/m0/s1. The Morgan fingerprint density at radius 1 is 0.880 bits per heavy atom. The second-order valence-electron chi connectivity index (χ2n) is 11.8. The summed E-state index contributed by atoms with van der Waals surface area (Å²) in [4.78, 5) is 0. The molecular formula is C25H46. The monoisotopic (exact) mass is 346 g/mol. The van der Waals surface area contributed by atoms with Crippen molar-refractivity contribution in [2.24, 2.45) is 51.8 Å². The molecule has 0 bridgehead atoms. The first kappa shape index (κ1) is 19.8. The summed E-state index contributed by atoms with van der Waals surface area (Å²) in [5, 5.41) is 0. The van der Waals surface area contributed by atoms with Gasteiger partial charge in [-0.15, -0.1) is 0 Å². The third-order valence-corrected chi connectivity index (χ3v) is 10.5. The molecular weight excluding hydrogens is 300 g/mol. The maximum absolute atomic E-state index is 2.72. The summed E-state index contributed by atoms with van der Waals surface area (Å²) in [7, 11) is 0. The fraction of sp³-hybridized carbons (Fsp3) is 1.00. The van der Waals surface area contributed by atoms with E-state index >= 15 is 0 Å². The van der Waals surface area contributed by atoms with Crippen molar-refractivity contribution in [3.8, 4) is 0 Å². The normalized spacial score (nSPS) is 52.8. The van der Waals surface area contributed by atoms with E-state index in [1.807, 2.05) is 0 Å². The summed E-state index contributed by atoms with van der Waals surface area (Å²) in [5.41, 5.74) is 1.70. The Morgan fingerprint density at radius 2 is 1.56 bits per heavy atom. The van der Waals surface area contributed by atoms with Crippen molar-refractivity contribution in [1.29, 1.82) is 0 Å². The second kappa shape index (κ2) is 6.56. The van der Waals surface area contributed by atoms with Gasteiger partial charge in [0.25, 0.3) is 0 Å². The maximum Gasteiger partial charge on any atom is -0.0238 e. The highest BCUT2D eigenvalue weighted by atomic mass is 14.7. The smallest absolute Gasteiger partial charge is 0.0238 e. The number of rotatable bonds is 3. The molecule has 25 heavy (non-hydrogen) atoms. The van der Waals surface area contributed by atoms with E-state index in [1.165, 1.54) is 51.4 Å². The Hall–Kier alpha value is 0. The van der Waals surface area contributed by atoms with Gasteiger partial charge >= 0.3 is 0 Å². The molecule has 3 aliphatic rings. The van der Waals surface area contributed by atoms with E-state index in [2.05, 4.69) is 55.4 Å². The second-order valence-corrected chi connectivity index (χ2v) is 11.8. The van der Waals surface area contributed by atoms with Crippen LogP contribution < -0.4 is 0 Å². The van der Waals surface area contributed by atoms with Crippen molar-refractivity contribution in [2.75, 3.05) is 0 Å². The molecule has 3 saturated carbocycles. The summed E-state index contributed by atoms with van der Waals surface area (Å²) >= 11 is 0. The largest absolute Gasteiger partial charge is 0.0654 e. The Kier molecular flexibility index (Phi) is 5.18. The van der Waals surface area contributed by atoms with Crippen molar-refractivity contribution in [1.82, 2.24) is 0 Å². The molecule has 3 aliphatic carbocycles. The lowest BCUT2D eigenvalue weighted by Crippen LogP contribution is -2.48. The van der Waals surface area contributed by atoms with Crippen molar-refractivity contribution in [2.45, 2.75) is 107 Å². The average molecular weight is 347 g/mol. The van der Waals surface area contributed by atoms with Crippen LogP contribution in [0.1, 0.15) is 107 Å². The van der Waals surface area contributed by atoms with Crippen LogP contribution in [0.3, 0.4) is 0 Å². The SMILES string of the molecule is CCCC1C[C@@H](C)CC[C@]1(C)C1CC2CCC(C)(C)C(C)C2(C)C1C. The van der Waals surface area contributed by atoms with E-state index < -0.39 is 0 Å². The molecule has 0 nitrogen and oxygen atoms in total. The molecule has 0 radical (unpaired) electrons. The summed E-state index contributed by atoms with van der Waals surface area (Å²) in [5.74, 6) is 5.62. The highest BCUT2D eigenvalue weighted by molar-refractivity contribution is 5.10. The first-order valence-corrected chi connectivity index (χ1v) is 11.6. The molecule has 0 heterocycles. The first-order chi connectivity index (χ1) is 11.6. The summed E-state index contributed by atoms with van der Waals surface area (Å²) in [6, 6.07) is 0. The quantitative estimate of drug-likeness (QED) is 0.486. The third-order valence-electron chi connectivity index (χ3n) is 10.5. The van der Waals surface area contributed by atoms with Gasteiger partial charge in [-0.25, -0.2) is 0 Å². The predicted octanol–water partition coefficient (Wildman–Crippen LogP) is 7.96. The summed E-state index contributed by atoms with van der Waals surface area (Å²) in [6.07, 6.45) is 11.8. The van der Waals surface area contributed by atoms with Crippen LogP contribution >= 0.6 is 0 Å². The van der Waals surface area contributed by atoms with Crippen molar-refractivity contribution >= 4 is 0 Å². The van der Waals surface area contributed by atoms with Gasteiger partial charge in [0.05, 0.1) is 0 Å². The van der Waals surface area contributed by atoms with Crippen LogP contribution in [0.2, 0.25) is 0 Å². The third kappa shape index (κ3) is 2.93. The molecule has 0 spiro atoms. The lowest BCUT2D eigenvalue weighted by atomic mass is 9.50. The van der Waals surface area contributed by atoms with Crippen molar-refractivity contribution < 1.29 is 0 Å². The summed E-state index contributed by atoms with van der Waals surface area (Å²) in [6.45, 7) is 20.7. The molecule has 3 rings (SSSR count). The molecule has 0 N–H and O–H groups in total. The number of hydrogen-bond acceptors (Lipinski definition) is 0. The number of hydrogen-bond donors (Lipinski definition) is 0. The average Bonchev–Trinajstić information content (AvgIpc) is 2.82. The van der Waals surface area contributed by atoms with Crippen LogP contribution in [0.15, 0.2) is 0 Å². The van der Waals surface area contributed by atoms with Gasteiger partial charge in [0, 0.05) is 0 Å². The van der Waals surface area contributed by atoms with Gasteiger partial charge in [0.15, 0.2) is 0 Å². The summed E-state index contributed by atoms with van der Waals surface area (Å²) < 4.78 is 0. The van der Waals surface area contributed by atoms with E-state index in [-0.39, 0.29) is 0 Å². The molecule has 0 aliphatic heterocycles. The zero-order chi connectivity index (χ0) is 18.6. The Morgan fingerprint density at radius 3 is 2.20 bits per heavy atom. The zero-order valence-electron chi connectivity index (χ0n) is 18.6. The van der Waals surface area contributed by atoms with Crippen molar-refractivity contribution in [3.05, 3.63) is 0 Å². The van der Waals surface area contributed by atoms with Gasteiger partial charge in [0.1, 0.15) is 0 Å². The van der Waals surface area contributed by atoms with Crippen LogP contribution in [0.25, 0.3) is 0 Å². The fourth-order valence-electron chi connectivity index (χ4n) is 8.11. The van der Waals surface area contributed by atoms with Crippen LogP contribution in [-0.2, 0) is 0 Å². The van der Waals surface area contributed by atoms with Gasteiger partial charge in [-0.3, -0.25) is 0 Å². The van der Waals surface area contributed by atoms with E-state index in [9.17, 15) is 0 Å². The van der Waals surface area contributed by atoms with Crippen LogP contribution in [0, 0.1) is 51.8 Å². The molecule has 0 aromatic rings. The van der Waals surface area contributed by atoms with Crippen molar-refractivity contribution in [3.63, 3.8) is 0 Å². The minimum Gasteiger partial charge on any atom is -0.0654 e. The molecule has 0 aromatic carbocycles. The lowest BCUT2D eigenvalue weighted by molar-refractivity contribution is -0.0617. The maximum atomic E-state index is 2.72. The van der Waals surface area contributed by atoms with Gasteiger partial charge in [-0.1, -0.05) is 74.7 Å². The van der Waals surface area contributed by atoms with E-state index in [0.717, 1.165) is 35.5 Å². The van der Waals surface area contributed by atoms with E-state index in [0.29, 0.717) is 16.2 Å². The van der Waals surface area contributed by atoms with Gasteiger partial charge in [-0.05, 0) is 83.9 Å². The fourth-order valence-corrected chi connectivity index (χ4v) is 8.11. The minimum absolute atomic E-state index is 0.527. The van der Waals surface area contributed by atoms with E-state index in [1.54, 1.807) is 0 Å². The molecule has 0 saturated heterocycles. The highest BCUT2D eigenvalue weighted by Crippen LogP contribution is 2.69. The Labute approximate surface area is 158 Å². The van der Waals surface area contributed by atoms with Crippen LogP contribution in [-0.4, -0.2) is 0 Å². The van der Waals surface area contributed by atoms with Crippen LogP contribution in [0.5, 0.6) is 0 Å². The molecule has 6 unspecified atom stereocenters. The van der Waals surface area contributed by atoms with Gasteiger partial charge in [0.2, 0.25) is 0 Å². The van der Waals surface area contributed by atoms with Gasteiger partial charge < -0.3 is 0 Å². The van der Waals surface area contributed by atoms with Gasteiger partial charge in [-0.2, -0.15) is 0 Å². The molecule has 3 fully saturated rings. The van der Waals surface area contributed by atoms with E-state index in [4.69, 9.17) is 0 Å². The highest BCUT2D eigenvalue weighted by Gasteiger charge is 2.61. The first-order valence-electron chi connectivity index (χ1n) is 11.6. The Balaban J connectivity index is 1.91. The number of fused-ring (bicyclic) bond motifs is 1. The topological polar surface area (TPSA) is 0 Å². The molecule has 0 heteroatoms. The molecule has 0 amide bonds. The molecule has 8 atom stereocenters. The zero-order valence-corrected chi connectivity index (χ0v) is 18.6. The predicted molar refractivity (Wildman–Crippen MR) is 111 cm³/mol. The minimum atomic E-state index is 0.527. The lowest BCUT2D eigenvalue weighted by Gasteiger charge is -2.55. The molecule has 0 aromatic heterocycles.